The van der Waals surface area contributed by atoms with E-state index >= 15 is 0 Å². The lowest BCUT2D eigenvalue weighted by Gasteiger charge is -2.32. The van der Waals surface area contributed by atoms with Crippen LogP contribution in [0.4, 0.5) is 0 Å². The predicted octanol–water partition coefficient (Wildman–Crippen LogP) is 1.76. The van der Waals surface area contributed by atoms with Crippen LogP contribution in [0.2, 0.25) is 0 Å². The van der Waals surface area contributed by atoms with E-state index in [9.17, 15) is 4.79 Å². The van der Waals surface area contributed by atoms with Crippen molar-refractivity contribution < 1.29 is 23.9 Å². The Morgan fingerprint density at radius 1 is 1.24 bits per heavy atom. The quantitative estimate of drug-likeness (QED) is 0.857. The predicted molar refractivity (Wildman–Crippen MR) is 80.0 cm³/mol. The van der Waals surface area contributed by atoms with Gasteiger partial charge in [0.15, 0.2) is 6.61 Å². The Balaban J connectivity index is 2.17. The highest BCUT2D eigenvalue weighted by molar-refractivity contribution is 6.62. The first kappa shape index (κ1) is 15.9. The van der Waals surface area contributed by atoms with Gasteiger partial charge in [-0.1, -0.05) is 6.07 Å². The van der Waals surface area contributed by atoms with Gasteiger partial charge in [-0.15, -0.1) is 0 Å². The van der Waals surface area contributed by atoms with Gasteiger partial charge in [0.2, 0.25) is 0 Å². The lowest BCUT2D eigenvalue weighted by atomic mass is 9.76. The molecule has 1 aromatic carbocycles. The van der Waals surface area contributed by atoms with E-state index in [2.05, 4.69) is 0 Å². The lowest BCUT2D eigenvalue weighted by molar-refractivity contribution is -0.139. The normalized spacial score (nSPS) is 19.6. The molecule has 21 heavy (non-hydrogen) atoms. The summed E-state index contributed by atoms with van der Waals surface area (Å²) >= 11 is 0. The van der Waals surface area contributed by atoms with Crippen LogP contribution in [0.1, 0.15) is 33.3 Å². The molecule has 114 valence electrons. The number of carboxylic acid groups (broad SMARTS) is 1. The summed E-state index contributed by atoms with van der Waals surface area (Å²) in [6, 6.07) is 5.38. The first-order valence-corrected chi connectivity index (χ1v) is 6.93. The Bertz CT molecular complexity index is 537. The van der Waals surface area contributed by atoms with Crippen LogP contribution >= 0.6 is 0 Å². The molecule has 1 heterocycles. The Hall–Kier alpha value is -1.53. The molecular weight excluding hydrogens is 271 g/mol. The number of hydrogen-bond donors (Lipinski definition) is 1. The highest BCUT2D eigenvalue weighted by atomic mass is 16.7. The molecular formula is C15H21BO5. The van der Waals surface area contributed by atoms with Crippen LogP contribution in [0.25, 0.3) is 0 Å². The zero-order valence-corrected chi connectivity index (χ0v) is 13.1. The van der Waals surface area contributed by atoms with Gasteiger partial charge in [-0.25, -0.2) is 4.79 Å². The van der Waals surface area contributed by atoms with E-state index in [0.717, 1.165) is 11.0 Å². The van der Waals surface area contributed by atoms with E-state index in [4.69, 9.17) is 19.2 Å². The minimum absolute atomic E-state index is 0.352. The second-order valence-electron chi connectivity index (χ2n) is 6.29. The maximum Gasteiger partial charge on any atom is 0.495 e. The third-order valence-corrected chi connectivity index (χ3v) is 4.11. The van der Waals surface area contributed by atoms with Gasteiger partial charge in [0.25, 0.3) is 0 Å². The van der Waals surface area contributed by atoms with Crippen LogP contribution in [0.3, 0.4) is 0 Å². The monoisotopic (exact) mass is 292 g/mol. The topological polar surface area (TPSA) is 65.0 Å². The molecule has 1 fully saturated rings. The van der Waals surface area contributed by atoms with Gasteiger partial charge in [-0.3, -0.25) is 0 Å². The van der Waals surface area contributed by atoms with Crippen LogP contribution in [-0.2, 0) is 14.1 Å². The first-order valence-electron chi connectivity index (χ1n) is 6.93. The van der Waals surface area contributed by atoms with Crippen molar-refractivity contribution in [1.82, 2.24) is 0 Å². The number of aryl methyl sites for hydroxylation is 1. The SMILES string of the molecule is Cc1cc(OCC(=O)O)ccc1B1OC(C)(C)C(C)(C)O1. The van der Waals surface area contributed by atoms with E-state index in [0.29, 0.717) is 5.75 Å². The van der Waals surface area contributed by atoms with Crippen molar-refractivity contribution in [3.63, 3.8) is 0 Å². The van der Waals surface area contributed by atoms with Crippen LogP contribution < -0.4 is 10.2 Å². The van der Waals surface area contributed by atoms with E-state index in [-0.39, 0.29) is 17.8 Å². The molecule has 1 N–H and O–H groups in total. The van der Waals surface area contributed by atoms with Crippen molar-refractivity contribution >= 4 is 18.6 Å². The number of benzene rings is 1. The summed E-state index contributed by atoms with van der Waals surface area (Å²) < 4.78 is 17.2. The lowest BCUT2D eigenvalue weighted by Crippen LogP contribution is -2.41. The molecule has 0 aromatic heterocycles. The molecule has 0 saturated carbocycles. The fourth-order valence-electron chi connectivity index (χ4n) is 2.12. The summed E-state index contributed by atoms with van der Waals surface area (Å²) in [5.41, 5.74) is 1.10. The zero-order valence-electron chi connectivity index (χ0n) is 13.1. The van der Waals surface area contributed by atoms with Gasteiger partial charge >= 0.3 is 13.1 Å². The second kappa shape index (κ2) is 5.35. The molecule has 0 radical (unpaired) electrons. The largest absolute Gasteiger partial charge is 0.495 e. The minimum atomic E-state index is -0.998. The summed E-state index contributed by atoms with van der Waals surface area (Å²) in [5.74, 6) is -0.474. The van der Waals surface area contributed by atoms with Crippen molar-refractivity contribution in [2.24, 2.45) is 0 Å². The Morgan fingerprint density at radius 3 is 2.29 bits per heavy atom. The maximum absolute atomic E-state index is 10.5. The summed E-state index contributed by atoms with van der Waals surface area (Å²) in [5, 5.41) is 8.62. The van der Waals surface area contributed by atoms with Crippen LogP contribution in [-0.4, -0.2) is 36.0 Å². The number of aliphatic carboxylic acids is 1. The van der Waals surface area contributed by atoms with Gasteiger partial charge in [-0.05, 0) is 57.8 Å². The molecule has 0 aliphatic carbocycles. The number of carboxylic acids is 1. The van der Waals surface area contributed by atoms with Crippen molar-refractivity contribution in [1.29, 1.82) is 0 Å². The number of carbonyl (C=O) groups is 1. The van der Waals surface area contributed by atoms with Gasteiger partial charge < -0.3 is 19.2 Å². The molecule has 0 bridgehead atoms. The molecule has 0 amide bonds. The smallest absolute Gasteiger partial charge is 0.482 e. The third kappa shape index (κ3) is 3.22. The minimum Gasteiger partial charge on any atom is -0.482 e. The summed E-state index contributed by atoms with van der Waals surface area (Å²) in [6.07, 6.45) is 0. The molecule has 2 rings (SSSR count). The highest BCUT2D eigenvalue weighted by Crippen LogP contribution is 2.36. The van der Waals surface area contributed by atoms with Gasteiger partial charge in [0.1, 0.15) is 5.75 Å². The fourth-order valence-corrected chi connectivity index (χ4v) is 2.12. The number of rotatable bonds is 4. The third-order valence-electron chi connectivity index (χ3n) is 4.11. The van der Waals surface area contributed by atoms with Crippen molar-refractivity contribution in [2.45, 2.75) is 45.8 Å². The van der Waals surface area contributed by atoms with Crippen LogP contribution in [0.15, 0.2) is 18.2 Å². The average Bonchev–Trinajstić information content (AvgIpc) is 2.55. The Labute approximate surface area is 125 Å². The van der Waals surface area contributed by atoms with Crippen LogP contribution in [0.5, 0.6) is 5.75 Å². The molecule has 1 aliphatic rings. The van der Waals surface area contributed by atoms with E-state index in [1.807, 2.05) is 40.7 Å². The van der Waals surface area contributed by atoms with Gasteiger partial charge in [-0.2, -0.15) is 0 Å². The van der Waals surface area contributed by atoms with Crippen molar-refractivity contribution in [3.05, 3.63) is 23.8 Å². The Morgan fingerprint density at radius 2 is 1.81 bits per heavy atom. The molecule has 1 saturated heterocycles. The summed E-state index contributed by atoms with van der Waals surface area (Å²) in [7, 11) is -0.427. The standard InChI is InChI=1S/C15H21BO5/c1-10-8-11(19-9-13(17)18)6-7-12(10)16-20-14(2,3)15(4,5)21-16/h6-8H,9H2,1-5H3,(H,17,18). The maximum atomic E-state index is 10.5. The van der Waals surface area contributed by atoms with Crippen molar-refractivity contribution in [3.8, 4) is 5.75 Å². The fraction of sp³-hybridized carbons (Fsp3) is 0.533. The molecule has 5 nitrogen and oxygen atoms in total. The molecule has 0 atom stereocenters. The first-order chi connectivity index (χ1) is 9.62. The molecule has 0 spiro atoms. The molecule has 0 unspecified atom stereocenters. The van der Waals surface area contributed by atoms with E-state index in [1.165, 1.54) is 0 Å². The van der Waals surface area contributed by atoms with Gasteiger partial charge in [0.05, 0.1) is 11.2 Å². The Kier molecular flexibility index (Phi) is 4.04. The van der Waals surface area contributed by atoms with E-state index in [1.54, 1.807) is 12.1 Å². The number of ether oxygens (including phenoxy) is 1. The van der Waals surface area contributed by atoms with E-state index < -0.39 is 13.1 Å². The summed E-state index contributed by atoms with van der Waals surface area (Å²) in [4.78, 5) is 10.5. The molecule has 1 aromatic rings. The highest BCUT2D eigenvalue weighted by Gasteiger charge is 2.52. The number of hydrogen-bond acceptors (Lipinski definition) is 4. The zero-order chi connectivity index (χ0) is 15.8. The second-order valence-corrected chi connectivity index (χ2v) is 6.29. The molecule has 6 heteroatoms. The molecule has 1 aliphatic heterocycles. The van der Waals surface area contributed by atoms with Gasteiger partial charge in [0, 0.05) is 0 Å². The average molecular weight is 292 g/mol. The summed E-state index contributed by atoms with van der Waals surface area (Å²) in [6.45, 7) is 9.60. The van der Waals surface area contributed by atoms with Crippen LogP contribution in [0, 0.1) is 6.92 Å². The van der Waals surface area contributed by atoms with Crippen molar-refractivity contribution in [2.75, 3.05) is 6.61 Å².